The average molecular weight is 398 g/mol. The summed E-state index contributed by atoms with van der Waals surface area (Å²) in [6.45, 7) is 1.50. The van der Waals surface area contributed by atoms with E-state index in [1.54, 1.807) is 35.9 Å². The zero-order valence-corrected chi connectivity index (χ0v) is 15.7. The van der Waals surface area contributed by atoms with Crippen LogP contribution < -0.4 is 5.76 Å². The molecule has 0 unspecified atom stereocenters. The fraction of sp³-hybridized carbons (Fsp3) is 0.150. The minimum Gasteiger partial charge on any atom is -0.459 e. The maximum absolute atomic E-state index is 12.3. The highest BCUT2D eigenvalue weighted by molar-refractivity contribution is 6.30. The van der Waals surface area contributed by atoms with Gasteiger partial charge in [0.2, 0.25) is 0 Å². The molecule has 0 atom stereocenters. The summed E-state index contributed by atoms with van der Waals surface area (Å²) in [6.07, 6.45) is 0. The summed E-state index contributed by atoms with van der Waals surface area (Å²) in [4.78, 5) is 24.3. The van der Waals surface area contributed by atoms with Crippen LogP contribution in [0.5, 0.6) is 0 Å². The van der Waals surface area contributed by atoms with Crippen LogP contribution in [-0.4, -0.2) is 20.3 Å². The molecule has 0 saturated heterocycles. The van der Waals surface area contributed by atoms with Gasteiger partial charge in [-0.2, -0.15) is 5.10 Å². The molecule has 0 spiro atoms. The average Bonchev–Trinajstić information content (AvgIpc) is 3.17. The number of carbonyl (C=O) groups is 1. The Morgan fingerprint density at radius 2 is 1.86 bits per heavy atom. The number of para-hydroxylation sites is 3. The standard InChI is InChI=1S/C20H16ClN3O4/c1-13-15(19(21)24(22-13)14-7-3-2-4-8-14)12-27-18(25)11-23-16-9-5-6-10-17(16)28-20(23)26/h2-10H,11-12H2,1H3. The van der Waals surface area contributed by atoms with Gasteiger partial charge < -0.3 is 9.15 Å². The number of ether oxygens (including phenoxy) is 1. The Bertz CT molecular complexity index is 1210. The first-order chi connectivity index (χ1) is 13.5. The first-order valence-electron chi connectivity index (χ1n) is 8.58. The summed E-state index contributed by atoms with van der Waals surface area (Å²) in [5, 5.41) is 4.79. The predicted octanol–water partition coefficient (Wildman–Crippen LogP) is 3.49. The molecule has 7 nitrogen and oxygen atoms in total. The van der Waals surface area contributed by atoms with Crippen LogP contribution >= 0.6 is 11.6 Å². The van der Waals surface area contributed by atoms with Crippen LogP contribution in [0, 0.1) is 6.92 Å². The first kappa shape index (κ1) is 18.1. The van der Waals surface area contributed by atoms with Gasteiger partial charge in [-0.1, -0.05) is 41.9 Å². The Kier molecular flexibility index (Phi) is 4.75. The van der Waals surface area contributed by atoms with Gasteiger partial charge in [0, 0.05) is 5.56 Å². The van der Waals surface area contributed by atoms with Gasteiger partial charge >= 0.3 is 11.7 Å². The van der Waals surface area contributed by atoms with E-state index >= 15 is 0 Å². The van der Waals surface area contributed by atoms with Gasteiger partial charge in [-0.15, -0.1) is 0 Å². The Morgan fingerprint density at radius 1 is 1.14 bits per heavy atom. The monoisotopic (exact) mass is 397 g/mol. The molecule has 0 N–H and O–H groups in total. The SMILES string of the molecule is Cc1nn(-c2ccccc2)c(Cl)c1COC(=O)Cn1c(=O)oc2ccccc21. The molecule has 142 valence electrons. The lowest BCUT2D eigenvalue weighted by atomic mass is 10.3. The lowest BCUT2D eigenvalue weighted by molar-refractivity contribution is -0.145. The number of nitrogens with zero attached hydrogens (tertiary/aromatic N) is 3. The number of carbonyl (C=O) groups excluding carboxylic acids is 1. The lowest BCUT2D eigenvalue weighted by Crippen LogP contribution is -2.21. The molecule has 2 aromatic carbocycles. The smallest absolute Gasteiger partial charge is 0.420 e. The van der Waals surface area contributed by atoms with Gasteiger partial charge in [0.15, 0.2) is 5.58 Å². The number of aromatic nitrogens is 3. The molecule has 0 amide bonds. The van der Waals surface area contributed by atoms with E-state index in [1.807, 2.05) is 30.3 Å². The van der Waals surface area contributed by atoms with E-state index in [2.05, 4.69) is 5.10 Å². The van der Waals surface area contributed by atoms with Crippen LogP contribution in [-0.2, 0) is 22.7 Å². The molecule has 4 rings (SSSR count). The molecule has 4 aromatic rings. The second-order valence-corrected chi connectivity index (χ2v) is 6.54. The molecule has 0 radical (unpaired) electrons. The molecule has 0 aliphatic heterocycles. The fourth-order valence-corrected chi connectivity index (χ4v) is 3.25. The minimum absolute atomic E-state index is 0.0408. The van der Waals surface area contributed by atoms with Gasteiger partial charge in [0.25, 0.3) is 0 Å². The normalized spacial score (nSPS) is 11.1. The molecular weight excluding hydrogens is 382 g/mol. The third-order valence-corrected chi connectivity index (χ3v) is 4.75. The summed E-state index contributed by atoms with van der Waals surface area (Å²) in [5.41, 5.74) is 3.04. The molecule has 0 aliphatic carbocycles. The molecule has 0 aliphatic rings. The summed E-state index contributed by atoms with van der Waals surface area (Å²) in [5.74, 6) is -1.18. The second kappa shape index (κ2) is 7.36. The van der Waals surface area contributed by atoms with Gasteiger partial charge in [0.1, 0.15) is 18.3 Å². The van der Waals surface area contributed by atoms with Crippen molar-refractivity contribution in [2.45, 2.75) is 20.1 Å². The number of aryl methyl sites for hydroxylation is 1. The molecule has 0 fully saturated rings. The molecule has 8 heteroatoms. The van der Waals surface area contributed by atoms with Crippen molar-refractivity contribution in [1.29, 1.82) is 0 Å². The fourth-order valence-electron chi connectivity index (χ4n) is 2.93. The Labute approximate surface area is 164 Å². The second-order valence-electron chi connectivity index (χ2n) is 6.18. The van der Waals surface area contributed by atoms with Crippen LogP contribution in [0.15, 0.2) is 63.8 Å². The maximum Gasteiger partial charge on any atom is 0.420 e. The van der Waals surface area contributed by atoms with Crippen LogP contribution in [0.3, 0.4) is 0 Å². The third kappa shape index (κ3) is 3.32. The van der Waals surface area contributed by atoms with E-state index < -0.39 is 11.7 Å². The highest BCUT2D eigenvalue weighted by Crippen LogP contribution is 2.24. The van der Waals surface area contributed by atoms with Crippen molar-refractivity contribution in [2.75, 3.05) is 0 Å². The molecule has 2 aromatic heterocycles. The number of fused-ring (bicyclic) bond motifs is 1. The highest BCUT2D eigenvalue weighted by atomic mass is 35.5. The topological polar surface area (TPSA) is 79.3 Å². The van der Waals surface area contributed by atoms with Crippen molar-refractivity contribution in [2.24, 2.45) is 0 Å². The van der Waals surface area contributed by atoms with Gasteiger partial charge in [0.05, 0.1) is 16.9 Å². The van der Waals surface area contributed by atoms with E-state index in [-0.39, 0.29) is 13.2 Å². The number of benzene rings is 2. The highest BCUT2D eigenvalue weighted by Gasteiger charge is 2.18. The summed E-state index contributed by atoms with van der Waals surface area (Å²) in [6, 6.07) is 16.3. The van der Waals surface area contributed by atoms with Crippen LogP contribution in [0.1, 0.15) is 11.3 Å². The molecule has 2 heterocycles. The lowest BCUT2D eigenvalue weighted by Gasteiger charge is -2.06. The van der Waals surface area contributed by atoms with Crippen LogP contribution in [0.25, 0.3) is 16.8 Å². The number of rotatable bonds is 5. The van der Waals surface area contributed by atoms with Gasteiger partial charge in [-0.25, -0.2) is 9.48 Å². The number of oxazole rings is 1. The maximum atomic E-state index is 12.3. The molecule has 28 heavy (non-hydrogen) atoms. The van der Waals surface area contributed by atoms with Crippen molar-refractivity contribution in [3.63, 3.8) is 0 Å². The summed E-state index contributed by atoms with van der Waals surface area (Å²) < 4.78 is 13.3. The van der Waals surface area contributed by atoms with Gasteiger partial charge in [-0.3, -0.25) is 9.36 Å². The van der Waals surface area contributed by atoms with E-state index in [4.69, 9.17) is 20.8 Å². The van der Waals surface area contributed by atoms with Gasteiger partial charge in [-0.05, 0) is 31.2 Å². The Balaban J connectivity index is 1.50. The van der Waals surface area contributed by atoms with Crippen molar-refractivity contribution < 1.29 is 13.9 Å². The van der Waals surface area contributed by atoms with Crippen LogP contribution in [0.4, 0.5) is 0 Å². The zero-order valence-electron chi connectivity index (χ0n) is 15.0. The third-order valence-electron chi connectivity index (χ3n) is 4.36. The largest absolute Gasteiger partial charge is 0.459 e. The van der Waals surface area contributed by atoms with Crippen molar-refractivity contribution in [3.05, 3.63) is 81.6 Å². The predicted molar refractivity (Wildman–Crippen MR) is 104 cm³/mol. The van der Waals surface area contributed by atoms with Crippen molar-refractivity contribution in [3.8, 4) is 5.69 Å². The molecule has 0 saturated carbocycles. The molecular formula is C20H16ClN3O4. The minimum atomic E-state index is -0.607. The number of hydrogen-bond acceptors (Lipinski definition) is 5. The molecule has 0 bridgehead atoms. The van der Waals surface area contributed by atoms with E-state index in [0.717, 1.165) is 5.69 Å². The summed E-state index contributed by atoms with van der Waals surface area (Å²) in [7, 11) is 0. The quantitative estimate of drug-likeness (QED) is 0.482. The zero-order chi connectivity index (χ0) is 19.7. The first-order valence-corrected chi connectivity index (χ1v) is 8.96. The van der Waals surface area contributed by atoms with E-state index in [1.165, 1.54) is 4.57 Å². The van der Waals surface area contributed by atoms with E-state index in [0.29, 0.717) is 27.5 Å². The van der Waals surface area contributed by atoms with Crippen molar-refractivity contribution in [1.82, 2.24) is 14.3 Å². The van der Waals surface area contributed by atoms with E-state index in [9.17, 15) is 9.59 Å². The Hall–Kier alpha value is -3.32. The van der Waals surface area contributed by atoms with Crippen molar-refractivity contribution >= 4 is 28.7 Å². The summed E-state index contributed by atoms with van der Waals surface area (Å²) >= 11 is 6.43. The number of esters is 1. The number of hydrogen-bond donors (Lipinski definition) is 0. The number of halogens is 1. The van der Waals surface area contributed by atoms with Crippen LogP contribution in [0.2, 0.25) is 5.15 Å². The Morgan fingerprint density at radius 3 is 2.64 bits per heavy atom.